The number of carbonyl (C=O) groups excluding carboxylic acids is 2. The van der Waals surface area contributed by atoms with Gasteiger partial charge in [0.1, 0.15) is 0 Å². The Morgan fingerprint density at radius 1 is 0.926 bits per heavy atom. The number of nitrogens with one attached hydrogen (secondary N) is 1. The molecule has 1 aromatic heterocycles. The van der Waals surface area contributed by atoms with Gasteiger partial charge in [-0.3, -0.25) is 9.59 Å². The lowest BCUT2D eigenvalue weighted by atomic mass is 10.2. The first-order valence-electron chi connectivity index (χ1n) is 7.90. The van der Waals surface area contributed by atoms with Gasteiger partial charge in [-0.15, -0.1) is 0 Å². The van der Waals surface area contributed by atoms with E-state index in [0.29, 0.717) is 11.3 Å². The molecule has 0 aliphatic heterocycles. The minimum absolute atomic E-state index is 0.0800. The van der Waals surface area contributed by atoms with E-state index < -0.39 is 21.7 Å². The van der Waals surface area contributed by atoms with Crippen LogP contribution in [0.1, 0.15) is 26.5 Å². The first kappa shape index (κ1) is 18.4. The van der Waals surface area contributed by atoms with Crippen LogP contribution in [0.2, 0.25) is 0 Å². The number of amides is 2. The van der Waals surface area contributed by atoms with Gasteiger partial charge in [-0.05, 0) is 55.5 Å². The van der Waals surface area contributed by atoms with Gasteiger partial charge in [-0.1, -0.05) is 17.7 Å². The SMILES string of the molecule is Cc1ccc(S(=O)(=O)c2ccc(C(=O)Nc3ccc(C(N)=O)cc3)o2)cc1. The standard InChI is InChI=1S/C19H16N2O5S/c1-12-2-8-15(9-3-12)27(24,25)17-11-10-16(26-17)19(23)21-14-6-4-13(5-7-14)18(20)22/h2-11H,1H3,(H2,20,22)(H,21,23). The van der Waals surface area contributed by atoms with E-state index >= 15 is 0 Å². The van der Waals surface area contributed by atoms with E-state index in [2.05, 4.69) is 5.32 Å². The van der Waals surface area contributed by atoms with Crippen LogP contribution in [0.15, 0.2) is 75.1 Å². The fourth-order valence-corrected chi connectivity index (χ4v) is 3.50. The van der Waals surface area contributed by atoms with Crippen LogP contribution < -0.4 is 11.1 Å². The summed E-state index contributed by atoms with van der Waals surface area (Å²) in [6.45, 7) is 1.85. The minimum atomic E-state index is -3.85. The number of primary amides is 1. The van der Waals surface area contributed by atoms with E-state index in [9.17, 15) is 18.0 Å². The average Bonchev–Trinajstić information content (AvgIpc) is 3.14. The number of sulfone groups is 1. The number of hydrogen-bond donors (Lipinski definition) is 2. The van der Waals surface area contributed by atoms with Crippen molar-refractivity contribution in [2.45, 2.75) is 16.9 Å². The third kappa shape index (κ3) is 3.90. The van der Waals surface area contributed by atoms with Crippen molar-refractivity contribution >= 4 is 27.3 Å². The first-order valence-corrected chi connectivity index (χ1v) is 9.38. The van der Waals surface area contributed by atoms with Crippen molar-refractivity contribution in [2.75, 3.05) is 5.32 Å². The maximum Gasteiger partial charge on any atom is 0.291 e. The summed E-state index contributed by atoms with van der Waals surface area (Å²) < 4.78 is 30.4. The maximum atomic E-state index is 12.6. The Balaban J connectivity index is 1.79. The van der Waals surface area contributed by atoms with Crippen molar-refractivity contribution in [1.29, 1.82) is 0 Å². The first-order chi connectivity index (χ1) is 12.8. The summed E-state index contributed by atoms with van der Waals surface area (Å²) >= 11 is 0. The summed E-state index contributed by atoms with van der Waals surface area (Å²) in [5.41, 5.74) is 6.79. The van der Waals surface area contributed by atoms with E-state index in [0.717, 1.165) is 5.56 Å². The number of rotatable bonds is 5. The van der Waals surface area contributed by atoms with E-state index in [1.165, 1.54) is 48.5 Å². The average molecular weight is 384 g/mol. The lowest BCUT2D eigenvalue weighted by molar-refractivity contribution is 0.0988. The molecule has 3 aromatic rings. The summed E-state index contributed by atoms with van der Waals surface area (Å²) in [7, 11) is -3.85. The van der Waals surface area contributed by atoms with Crippen LogP contribution in [-0.4, -0.2) is 20.2 Å². The molecule has 0 aliphatic carbocycles. The summed E-state index contributed by atoms with van der Waals surface area (Å²) in [5, 5.41) is 2.24. The van der Waals surface area contributed by atoms with Crippen molar-refractivity contribution in [3.8, 4) is 0 Å². The summed E-state index contributed by atoms with van der Waals surface area (Å²) in [4.78, 5) is 23.4. The van der Waals surface area contributed by atoms with Gasteiger partial charge in [-0.2, -0.15) is 0 Å². The maximum absolute atomic E-state index is 12.6. The molecule has 138 valence electrons. The highest BCUT2D eigenvalue weighted by Crippen LogP contribution is 2.23. The topological polar surface area (TPSA) is 119 Å². The Bertz CT molecular complexity index is 1100. The molecule has 0 fully saturated rings. The highest BCUT2D eigenvalue weighted by molar-refractivity contribution is 7.91. The zero-order valence-electron chi connectivity index (χ0n) is 14.3. The second-order valence-corrected chi connectivity index (χ2v) is 7.71. The zero-order valence-corrected chi connectivity index (χ0v) is 15.1. The molecule has 3 N–H and O–H groups in total. The summed E-state index contributed by atoms with van der Waals surface area (Å²) in [6.07, 6.45) is 0. The van der Waals surface area contributed by atoms with Gasteiger partial charge < -0.3 is 15.5 Å². The number of benzene rings is 2. The second kappa shape index (κ2) is 7.08. The molecule has 2 amide bonds. The number of aryl methyl sites for hydroxylation is 1. The molecule has 2 aromatic carbocycles. The van der Waals surface area contributed by atoms with Gasteiger partial charge >= 0.3 is 0 Å². The Kier molecular flexibility index (Phi) is 4.83. The van der Waals surface area contributed by atoms with E-state index in [1.807, 2.05) is 6.92 Å². The quantitative estimate of drug-likeness (QED) is 0.701. The van der Waals surface area contributed by atoms with Gasteiger partial charge in [0.25, 0.3) is 5.91 Å². The molecule has 3 rings (SSSR count). The number of hydrogen-bond acceptors (Lipinski definition) is 5. The van der Waals surface area contributed by atoms with Crippen molar-refractivity contribution in [2.24, 2.45) is 5.73 Å². The van der Waals surface area contributed by atoms with Crippen LogP contribution in [0.25, 0.3) is 0 Å². The lowest BCUT2D eigenvalue weighted by Crippen LogP contribution is -2.13. The molecule has 0 unspecified atom stereocenters. The van der Waals surface area contributed by atoms with Gasteiger partial charge in [0.15, 0.2) is 5.76 Å². The fourth-order valence-electron chi connectivity index (χ4n) is 2.33. The van der Waals surface area contributed by atoms with Crippen molar-refractivity contribution in [1.82, 2.24) is 0 Å². The van der Waals surface area contributed by atoms with Crippen LogP contribution in [-0.2, 0) is 9.84 Å². The van der Waals surface area contributed by atoms with Crippen LogP contribution in [0.3, 0.4) is 0 Å². The molecule has 0 radical (unpaired) electrons. The van der Waals surface area contributed by atoms with Crippen molar-refractivity contribution in [3.63, 3.8) is 0 Å². The predicted octanol–water partition coefficient (Wildman–Crippen LogP) is 2.77. The molecular formula is C19H16N2O5S. The molecular weight excluding hydrogens is 368 g/mol. The molecule has 1 heterocycles. The van der Waals surface area contributed by atoms with Crippen LogP contribution in [0.5, 0.6) is 0 Å². The van der Waals surface area contributed by atoms with Crippen molar-refractivity contribution < 1.29 is 22.4 Å². The highest BCUT2D eigenvalue weighted by Gasteiger charge is 2.23. The number of nitrogens with two attached hydrogens (primary N) is 1. The molecule has 7 nitrogen and oxygen atoms in total. The van der Waals surface area contributed by atoms with E-state index in [-0.39, 0.29) is 15.7 Å². The molecule has 0 spiro atoms. The van der Waals surface area contributed by atoms with Gasteiger partial charge in [0.2, 0.25) is 20.8 Å². The predicted molar refractivity (Wildman–Crippen MR) is 98.3 cm³/mol. The van der Waals surface area contributed by atoms with Crippen LogP contribution in [0.4, 0.5) is 5.69 Å². The van der Waals surface area contributed by atoms with Gasteiger partial charge in [0.05, 0.1) is 4.90 Å². The third-order valence-electron chi connectivity index (χ3n) is 3.83. The largest absolute Gasteiger partial charge is 0.439 e. The number of carbonyl (C=O) groups is 2. The monoisotopic (exact) mass is 384 g/mol. The molecule has 0 saturated carbocycles. The molecule has 0 atom stereocenters. The Hall–Kier alpha value is -3.39. The highest BCUT2D eigenvalue weighted by atomic mass is 32.2. The summed E-state index contributed by atoms with van der Waals surface area (Å²) in [6, 6.07) is 14.8. The Morgan fingerprint density at radius 3 is 2.15 bits per heavy atom. The van der Waals surface area contributed by atoms with E-state index in [4.69, 9.17) is 10.2 Å². The number of furan rings is 1. The third-order valence-corrected chi connectivity index (χ3v) is 5.47. The van der Waals surface area contributed by atoms with Gasteiger partial charge in [0, 0.05) is 11.3 Å². The summed E-state index contributed by atoms with van der Waals surface area (Å²) in [5.74, 6) is -1.35. The molecule has 0 aliphatic rings. The molecule has 8 heteroatoms. The second-order valence-electron chi connectivity index (χ2n) is 5.83. The Labute approximate surface area is 155 Å². The zero-order chi connectivity index (χ0) is 19.6. The molecule has 27 heavy (non-hydrogen) atoms. The van der Waals surface area contributed by atoms with Crippen LogP contribution >= 0.6 is 0 Å². The van der Waals surface area contributed by atoms with Crippen LogP contribution in [0, 0.1) is 6.92 Å². The fraction of sp³-hybridized carbons (Fsp3) is 0.0526. The van der Waals surface area contributed by atoms with E-state index in [1.54, 1.807) is 12.1 Å². The molecule has 0 saturated heterocycles. The van der Waals surface area contributed by atoms with Crippen molar-refractivity contribution in [3.05, 3.63) is 77.6 Å². The normalized spacial score (nSPS) is 11.1. The molecule has 0 bridgehead atoms. The number of anilines is 1. The smallest absolute Gasteiger partial charge is 0.291 e. The lowest BCUT2D eigenvalue weighted by Gasteiger charge is -2.04. The minimum Gasteiger partial charge on any atom is -0.439 e. The Morgan fingerprint density at radius 2 is 1.56 bits per heavy atom. The van der Waals surface area contributed by atoms with Gasteiger partial charge in [-0.25, -0.2) is 8.42 Å².